The van der Waals surface area contributed by atoms with Gasteiger partial charge in [-0.05, 0) is 62.6 Å². The molecule has 0 aromatic heterocycles. The molecule has 0 unspecified atom stereocenters. The first-order valence-electron chi connectivity index (χ1n) is 7.48. The summed E-state index contributed by atoms with van der Waals surface area (Å²) < 4.78 is 0. The fraction of sp³-hybridized carbons (Fsp3) is 0.444. The molecule has 0 bridgehead atoms. The van der Waals surface area contributed by atoms with Gasteiger partial charge in [0.05, 0.1) is 5.57 Å². The first-order valence-corrected chi connectivity index (χ1v) is 7.48. The van der Waals surface area contributed by atoms with Gasteiger partial charge in [0.15, 0.2) is 11.6 Å². The Balaban J connectivity index is 2.08. The lowest BCUT2D eigenvalue weighted by Gasteiger charge is -2.17. The largest absolute Gasteiger partial charge is 0.294 e. The molecule has 2 heteroatoms. The van der Waals surface area contributed by atoms with Crippen LogP contribution in [0.3, 0.4) is 0 Å². The van der Waals surface area contributed by atoms with Crippen molar-refractivity contribution in [2.24, 2.45) is 0 Å². The third-order valence-corrected chi connectivity index (χ3v) is 4.65. The number of allylic oxidation sites excluding steroid dienone is 2. The zero-order valence-corrected chi connectivity index (χ0v) is 12.2. The van der Waals surface area contributed by atoms with Gasteiger partial charge in [-0.3, -0.25) is 9.59 Å². The van der Waals surface area contributed by atoms with E-state index in [-0.39, 0.29) is 11.6 Å². The smallest absolute Gasteiger partial charge is 0.196 e. The number of fused-ring (bicyclic) bond motifs is 1. The minimum Gasteiger partial charge on any atom is -0.294 e. The van der Waals surface area contributed by atoms with Crippen molar-refractivity contribution in [1.82, 2.24) is 0 Å². The number of hydrogen-bond donors (Lipinski definition) is 0. The van der Waals surface area contributed by atoms with Crippen LogP contribution in [0.25, 0.3) is 0 Å². The van der Waals surface area contributed by atoms with Gasteiger partial charge >= 0.3 is 0 Å². The molecule has 0 saturated carbocycles. The van der Waals surface area contributed by atoms with Gasteiger partial charge in [-0.25, -0.2) is 0 Å². The van der Waals surface area contributed by atoms with Crippen LogP contribution in [0.1, 0.15) is 59.7 Å². The van der Waals surface area contributed by atoms with E-state index in [2.05, 4.69) is 6.92 Å². The second-order valence-corrected chi connectivity index (χ2v) is 6.00. The van der Waals surface area contributed by atoms with Gasteiger partial charge in [-0.2, -0.15) is 0 Å². The number of benzene rings is 1. The zero-order valence-electron chi connectivity index (χ0n) is 12.2. The van der Waals surface area contributed by atoms with Gasteiger partial charge in [0, 0.05) is 12.0 Å². The predicted octanol–water partition coefficient (Wildman–Crippen LogP) is 3.74. The van der Waals surface area contributed by atoms with Crippen molar-refractivity contribution in [3.63, 3.8) is 0 Å². The second-order valence-electron chi connectivity index (χ2n) is 6.00. The van der Waals surface area contributed by atoms with Crippen LogP contribution in [0.15, 0.2) is 23.3 Å². The van der Waals surface area contributed by atoms with Gasteiger partial charge in [-0.15, -0.1) is 0 Å². The van der Waals surface area contributed by atoms with Gasteiger partial charge in [0.2, 0.25) is 0 Å². The standard InChI is InChI=1S/C18H20O2/c1-11-9-10-15(14-7-4-6-13(11)14)18(20)17-12(2)5-3-8-16(17)19/h9-10H,3-8H2,1-2H3. The molecule has 0 aliphatic heterocycles. The Morgan fingerprint density at radius 3 is 2.40 bits per heavy atom. The highest BCUT2D eigenvalue weighted by molar-refractivity contribution is 6.27. The lowest BCUT2D eigenvalue weighted by Crippen LogP contribution is -2.20. The lowest BCUT2D eigenvalue weighted by molar-refractivity contribution is -0.115. The average Bonchev–Trinajstić information content (AvgIpc) is 2.89. The molecule has 0 atom stereocenters. The summed E-state index contributed by atoms with van der Waals surface area (Å²) in [6.45, 7) is 4.04. The molecular formula is C18H20O2. The normalized spacial score (nSPS) is 18.4. The van der Waals surface area contributed by atoms with Gasteiger partial charge < -0.3 is 0 Å². The van der Waals surface area contributed by atoms with E-state index in [0.717, 1.165) is 43.2 Å². The van der Waals surface area contributed by atoms with Crippen molar-refractivity contribution in [1.29, 1.82) is 0 Å². The van der Waals surface area contributed by atoms with E-state index in [1.54, 1.807) is 0 Å². The molecule has 2 nitrogen and oxygen atoms in total. The molecular weight excluding hydrogens is 248 g/mol. The molecule has 3 rings (SSSR count). The van der Waals surface area contributed by atoms with E-state index in [0.29, 0.717) is 12.0 Å². The summed E-state index contributed by atoms with van der Waals surface area (Å²) in [7, 11) is 0. The summed E-state index contributed by atoms with van der Waals surface area (Å²) in [4.78, 5) is 24.9. The van der Waals surface area contributed by atoms with Crippen LogP contribution in [0.5, 0.6) is 0 Å². The average molecular weight is 268 g/mol. The quantitative estimate of drug-likeness (QED) is 0.605. The maximum absolute atomic E-state index is 12.8. The van der Waals surface area contributed by atoms with Crippen molar-refractivity contribution < 1.29 is 9.59 Å². The molecule has 0 spiro atoms. The zero-order chi connectivity index (χ0) is 14.3. The highest BCUT2D eigenvalue weighted by Crippen LogP contribution is 2.32. The van der Waals surface area contributed by atoms with E-state index >= 15 is 0 Å². The summed E-state index contributed by atoms with van der Waals surface area (Å²) in [6, 6.07) is 3.95. The molecule has 104 valence electrons. The van der Waals surface area contributed by atoms with Crippen LogP contribution in [-0.2, 0) is 17.6 Å². The summed E-state index contributed by atoms with van der Waals surface area (Å²) in [6.07, 6.45) is 5.43. The molecule has 1 aromatic carbocycles. The molecule has 0 fully saturated rings. The number of rotatable bonds is 2. The highest BCUT2D eigenvalue weighted by Gasteiger charge is 2.28. The summed E-state index contributed by atoms with van der Waals surface area (Å²) >= 11 is 0. The van der Waals surface area contributed by atoms with E-state index in [9.17, 15) is 9.59 Å². The Hall–Kier alpha value is -1.70. The first-order chi connectivity index (χ1) is 9.59. The molecule has 1 aromatic rings. The molecule has 2 aliphatic carbocycles. The predicted molar refractivity (Wildman–Crippen MR) is 79.1 cm³/mol. The Morgan fingerprint density at radius 1 is 0.950 bits per heavy atom. The van der Waals surface area contributed by atoms with Crippen molar-refractivity contribution in [3.8, 4) is 0 Å². The number of aryl methyl sites for hydroxylation is 1. The molecule has 0 N–H and O–H groups in total. The van der Waals surface area contributed by atoms with Crippen molar-refractivity contribution in [3.05, 3.63) is 45.5 Å². The Kier molecular flexibility index (Phi) is 3.33. The number of ketones is 2. The summed E-state index contributed by atoms with van der Waals surface area (Å²) in [5.74, 6) is -0.00331. The number of carbonyl (C=O) groups is 2. The van der Waals surface area contributed by atoms with Gasteiger partial charge in [0.25, 0.3) is 0 Å². The minimum atomic E-state index is -0.0367. The molecule has 0 amide bonds. The van der Waals surface area contributed by atoms with Gasteiger partial charge in [0.1, 0.15) is 0 Å². The second kappa shape index (κ2) is 5.01. The number of carbonyl (C=O) groups excluding carboxylic acids is 2. The van der Waals surface area contributed by atoms with E-state index < -0.39 is 0 Å². The molecule has 20 heavy (non-hydrogen) atoms. The van der Waals surface area contributed by atoms with E-state index in [1.165, 1.54) is 16.7 Å². The van der Waals surface area contributed by atoms with Crippen LogP contribution in [0, 0.1) is 6.92 Å². The van der Waals surface area contributed by atoms with Crippen LogP contribution in [-0.4, -0.2) is 11.6 Å². The number of hydrogen-bond acceptors (Lipinski definition) is 2. The summed E-state index contributed by atoms with van der Waals surface area (Å²) in [5.41, 5.74) is 6.00. The Labute approximate surface area is 119 Å². The monoisotopic (exact) mass is 268 g/mol. The fourth-order valence-corrected chi connectivity index (χ4v) is 3.56. The maximum atomic E-state index is 12.8. The van der Waals surface area contributed by atoms with E-state index in [4.69, 9.17) is 0 Å². The van der Waals surface area contributed by atoms with E-state index in [1.807, 2.05) is 19.1 Å². The molecule has 0 heterocycles. The highest BCUT2D eigenvalue weighted by atomic mass is 16.1. The van der Waals surface area contributed by atoms with Crippen molar-refractivity contribution in [2.75, 3.05) is 0 Å². The third kappa shape index (κ3) is 2.04. The first kappa shape index (κ1) is 13.3. The lowest BCUT2D eigenvalue weighted by atomic mass is 9.84. The minimum absolute atomic E-state index is 0.0334. The van der Waals surface area contributed by atoms with Crippen LogP contribution < -0.4 is 0 Å². The van der Waals surface area contributed by atoms with Crippen molar-refractivity contribution >= 4 is 11.6 Å². The number of Topliss-reactive ketones (excluding diaryl/α,β-unsaturated/α-hetero) is 2. The molecule has 0 saturated heterocycles. The van der Waals surface area contributed by atoms with Crippen molar-refractivity contribution in [2.45, 2.75) is 52.4 Å². The Bertz CT molecular complexity index is 635. The SMILES string of the molecule is CC1=C(C(=O)c2ccc(C)c3c2CCC3)C(=O)CCC1. The third-order valence-electron chi connectivity index (χ3n) is 4.65. The van der Waals surface area contributed by atoms with Gasteiger partial charge in [-0.1, -0.05) is 17.7 Å². The molecule has 2 aliphatic rings. The molecule has 0 radical (unpaired) electrons. The van der Waals surface area contributed by atoms with Crippen LogP contribution >= 0.6 is 0 Å². The van der Waals surface area contributed by atoms with Crippen LogP contribution in [0.4, 0.5) is 0 Å². The summed E-state index contributed by atoms with van der Waals surface area (Å²) in [5, 5.41) is 0. The Morgan fingerprint density at radius 2 is 1.65 bits per heavy atom. The topological polar surface area (TPSA) is 34.1 Å². The van der Waals surface area contributed by atoms with Crippen LogP contribution in [0.2, 0.25) is 0 Å². The fourth-order valence-electron chi connectivity index (χ4n) is 3.56. The maximum Gasteiger partial charge on any atom is 0.196 e.